The number of ether oxygens (including phenoxy) is 1. The minimum Gasteiger partial charge on any atom is -0.445 e. The van der Waals surface area contributed by atoms with Gasteiger partial charge in [0, 0.05) is 10.4 Å². The highest BCUT2D eigenvalue weighted by atomic mass is 32.1. The van der Waals surface area contributed by atoms with Crippen LogP contribution in [-0.4, -0.2) is 11.6 Å². The largest absolute Gasteiger partial charge is 0.445 e. The molecular formula is C17H19NO2S. The molecule has 1 aromatic heterocycles. The standard InChI is InChI=1S/C17H19NO2S/c1-17(9-7-15-14(11-17)8-10-21-15)18-16(19)20-12-13-5-3-2-4-6-13/h2-6,8,10H,7,9,11-12H2,1H3,(H,18,19). The number of amides is 1. The van der Waals surface area contributed by atoms with Gasteiger partial charge in [0.15, 0.2) is 0 Å². The lowest BCUT2D eigenvalue weighted by Crippen LogP contribution is -2.49. The van der Waals surface area contributed by atoms with Gasteiger partial charge in [-0.05, 0) is 48.8 Å². The van der Waals surface area contributed by atoms with Crippen LogP contribution < -0.4 is 5.32 Å². The van der Waals surface area contributed by atoms with Gasteiger partial charge >= 0.3 is 6.09 Å². The summed E-state index contributed by atoms with van der Waals surface area (Å²) < 4.78 is 5.32. The maximum atomic E-state index is 12.0. The number of carbonyl (C=O) groups is 1. The zero-order valence-electron chi connectivity index (χ0n) is 12.1. The van der Waals surface area contributed by atoms with E-state index in [9.17, 15) is 4.79 Å². The molecule has 1 N–H and O–H groups in total. The van der Waals surface area contributed by atoms with Crippen LogP contribution >= 0.6 is 11.3 Å². The Labute approximate surface area is 129 Å². The molecule has 110 valence electrons. The molecule has 1 amide bonds. The Hall–Kier alpha value is -1.81. The highest BCUT2D eigenvalue weighted by molar-refractivity contribution is 7.10. The first-order chi connectivity index (χ1) is 10.1. The first-order valence-electron chi connectivity index (χ1n) is 7.19. The molecule has 1 unspecified atom stereocenters. The number of carbonyl (C=O) groups excluding carboxylic acids is 1. The number of alkyl carbamates (subject to hydrolysis) is 1. The third-order valence-corrected chi connectivity index (χ3v) is 4.96. The lowest BCUT2D eigenvalue weighted by molar-refractivity contribution is 0.125. The molecule has 1 aromatic carbocycles. The van der Waals surface area contributed by atoms with Gasteiger partial charge < -0.3 is 10.1 Å². The number of fused-ring (bicyclic) bond motifs is 1. The average molecular weight is 301 g/mol. The molecule has 3 rings (SSSR count). The van der Waals surface area contributed by atoms with Gasteiger partial charge in [0.1, 0.15) is 6.61 Å². The Morgan fingerprint density at radius 2 is 2.14 bits per heavy atom. The van der Waals surface area contributed by atoms with Crippen LogP contribution in [0.4, 0.5) is 4.79 Å². The van der Waals surface area contributed by atoms with E-state index in [1.165, 1.54) is 10.4 Å². The maximum Gasteiger partial charge on any atom is 0.407 e. The normalized spacial score (nSPS) is 20.6. The van der Waals surface area contributed by atoms with E-state index >= 15 is 0 Å². The van der Waals surface area contributed by atoms with Crippen molar-refractivity contribution in [3.05, 3.63) is 57.8 Å². The second-order valence-electron chi connectivity index (χ2n) is 5.79. The lowest BCUT2D eigenvalue weighted by Gasteiger charge is -2.34. The molecule has 0 fully saturated rings. The smallest absolute Gasteiger partial charge is 0.407 e. The summed E-state index contributed by atoms with van der Waals surface area (Å²) in [6, 6.07) is 11.9. The van der Waals surface area contributed by atoms with Crippen molar-refractivity contribution in [2.75, 3.05) is 0 Å². The van der Waals surface area contributed by atoms with Gasteiger partial charge in [-0.2, -0.15) is 0 Å². The van der Waals surface area contributed by atoms with Crippen molar-refractivity contribution in [3.8, 4) is 0 Å². The van der Waals surface area contributed by atoms with Crippen LogP contribution in [-0.2, 0) is 24.2 Å². The molecule has 0 spiro atoms. The third-order valence-electron chi connectivity index (χ3n) is 3.94. The Morgan fingerprint density at radius 1 is 1.33 bits per heavy atom. The summed E-state index contributed by atoms with van der Waals surface area (Å²) >= 11 is 1.81. The van der Waals surface area contributed by atoms with Crippen molar-refractivity contribution >= 4 is 17.4 Å². The monoisotopic (exact) mass is 301 g/mol. The average Bonchev–Trinajstić information content (AvgIpc) is 2.93. The molecule has 0 aliphatic heterocycles. The van der Waals surface area contributed by atoms with Gasteiger partial charge in [-0.1, -0.05) is 30.3 Å². The molecule has 4 heteroatoms. The fraction of sp³-hybridized carbons (Fsp3) is 0.353. The number of nitrogens with one attached hydrogen (secondary N) is 1. The molecular weight excluding hydrogens is 282 g/mol. The van der Waals surface area contributed by atoms with E-state index < -0.39 is 0 Å². The van der Waals surface area contributed by atoms with Gasteiger partial charge in [0.2, 0.25) is 0 Å². The predicted molar refractivity (Wildman–Crippen MR) is 84.5 cm³/mol. The number of hydrogen-bond donors (Lipinski definition) is 1. The van der Waals surface area contributed by atoms with Gasteiger partial charge in [0.25, 0.3) is 0 Å². The topological polar surface area (TPSA) is 38.3 Å². The summed E-state index contributed by atoms with van der Waals surface area (Å²) in [6.07, 6.45) is 2.54. The fourth-order valence-electron chi connectivity index (χ4n) is 2.75. The Kier molecular flexibility index (Phi) is 3.97. The summed E-state index contributed by atoms with van der Waals surface area (Å²) in [7, 11) is 0. The van der Waals surface area contributed by atoms with Crippen molar-refractivity contribution in [1.29, 1.82) is 0 Å². The SMILES string of the molecule is CC1(NC(=O)OCc2ccccc2)CCc2sccc2C1. The Balaban J connectivity index is 1.55. The molecule has 1 heterocycles. The van der Waals surface area contributed by atoms with Crippen LogP contribution in [0.25, 0.3) is 0 Å². The summed E-state index contributed by atoms with van der Waals surface area (Å²) in [4.78, 5) is 13.5. The van der Waals surface area contributed by atoms with E-state index in [2.05, 4.69) is 23.7 Å². The van der Waals surface area contributed by atoms with Gasteiger partial charge in [-0.25, -0.2) is 4.79 Å². The van der Waals surface area contributed by atoms with E-state index in [1.54, 1.807) is 0 Å². The van der Waals surface area contributed by atoms with Crippen LogP contribution in [0.2, 0.25) is 0 Å². The molecule has 3 nitrogen and oxygen atoms in total. The van der Waals surface area contributed by atoms with E-state index in [0.29, 0.717) is 6.61 Å². The molecule has 21 heavy (non-hydrogen) atoms. The van der Waals surface area contributed by atoms with Crippen LogP contribution in [0.5, 0.6) is 0 Å². The second kappa shape index (κ2) is 5.90. The molecule has 1 atom stereocenters. The Morgan fingerprint density at radius 3 is 2.95 bits per heavy atom. The molecule has 1 aliphatic rings. The van der Waals surface area contributed by atoms with Crippen LogP contribution in [0.15, 0.2) is 41.8 Å². The quantitative estimate of drug-likeness (QED) is 0.933. The van der Waals surface area contributed by atoms with Crippen molar-refractivity contribution in [1.82, 2.24) is 5.32 Å². The minimum atomic E-state index is -0.333. The molecule has 0 bridgehead atoms. The summed E-state index contributed by atoms with van der Waals surface area (Å²) in [5, 5.41) is 5.17. The number of benzene rings is 1. The van der Waals surface area contributed by atoms with Crippen LogP contribution in [0.3, 0.4) is 0 Å². The Bertz CT molecular complexity index is 623. The first kappa shape index (κ1) is 14.1. The van der Waals surface area contributed by atoms with Crippen molar-refractivity contribution < 1.29 is 9.53 Å². The van der Waals surface area contributed by atoms with Crippen molar-refractivity contribution in [2.45, 2.75) is 38.3 Å². The van der Waals surface area contributed by atoms with E-state index in [1.807, 2.05) is 41.7 Å². The highest BCUT2D eigenvalue weighted by Gasteiger charge is 2.32. The third kappa shape index (κ3) is 3.45. The predicted octanol–water partition coefficient (Wildman–Crippen LogP) is 3.92. The summed E-state index contributed by atoms with van der Waals surface area (Å²) in [5.41, 5.74) is 2.15. The molecule has 0 radical (unpaired) electrons. The van der Waals surface area contributed by atoms with Crippen molar-refractivity contribution in [2.24, 2.45) is 0 Å². The van der Waals surface area contributed by atoms with Gasteiger partial charge in [-0.15, -0.1) is 11.3 Å². The fourth-order valence-corrected chi connectivity index (χ4v) is 3.66. The summed E-state index contributed by atoms with van der Waals surface area (Å²) in [6.45, 7) is 2.41. The second-order valence-corrected chi connectivity index (χ2v) is 6.79. The molecule has 0 saturated heterocycles. The maximum absolute atomic E-state index is 12.0. The lowest BCUT2D eigenvalue weighted by atomic mass is 9.83. The van der Waals surface area contributed by atoms with Crippen LogP contribution in [0.1, 0.15) is 29.3 Å². The summed E-state index contributed by atoms with van der Waals surface area (Å²) in [5.74, 6) is 0. The van der Waals surface area contributed by atoms with Gasteiger partial charge in [-0.3, -0.25) is 0 Å². The zero-order chi connectivity index (χ0) is 14.7. The minimum absolute atomic E-state index is 0.207. The van der Waals surface area contributed by atoms with E-state index in [-0.39, 0.29) is 11.6 Å². The van der Waals surface area contributed by atoms with Gasteiger partial charge in [0.05, 0.1) is 0 Å². The molecule has 2 aromatic rings. The highest BCUT2D eigenvalue weighted by Crippen LogP contribution is 2.31. The van der Waals surface area contributed by atoms with Crippen LogP contribution in [0, 0.1) is 0 Å². The van der Waals surface area contributed by atoms with E-state index in [0.717, 1.165) is 24.8 Å². The zero-order valence-corrected chi connectivity index (χ0v) is 12.9. The van der Waals surface area contributed by atoms with E-state index in [4.69, 9.17) is 4.74 Å². The van der Waals surface area contributed by atoms with Crippen molar-refractivity contribution in [3.63, 3.8) is 0 Å². The number of thiophene rings is 1. The first-order valence-corrected chi connectivity index (χ1v) is 8.07. The molecule has 1 aliphatic carbocycles. The number of hydrogen-bond acceptors (Lipinski definition) is 3. The number of aryl methyl sites for hydroxylation is 1. The molecule has 0 saturated carbocycles. The number of rotatable bonds is 3.